The van der Waals surface area contributed by atoms with E-state index in [2.05, 4.69) is 10.2 Å². The normalized spacial score (nSPS) is 14.8. The van der Waals surface area contributed by atoms with Crippen molar-refractivity contribution in [3.8, 4) is 5.75 Å². The molecule has 1 N–H and O–H groups in total. The minimum absolute atomic E-state index is 0.0178. The van der Waals surface area contributed by atoms with E-state index in [4.69, 9.17) is 4.74 Å². The number of nitrogens with zero attached hydrogens (tertiary/aromatic N) is 2. The lowest BCUT2D eigenvalue weighted by atomic mass is 10.1. The Morgan fingerprint density at radius 3 is 2.52 bits per heavy atom. The number of amides is 1. The molecule has 2 aromatic rings. The first kappa shape index (κ1) is 19.2. The number of piperazine rings is 1. The molecule has 0 spiro atoms. The third-order valence-electron chi connectivity index (χ3n) is 4.84. The molecule has 1 aliphatic heterocycles. The van der Waals surface area contributed by atoms with E-state index in [1.54, 1.807) is 19.2 Å². The summed E-state index contributed by atoms with van der Waals surface area (Å²) >= 11 is 0. The molecule has 0 bridgehead atoms. The van der Waals surface area contributed by atoms with Gasteiger partial charge in [-0.25, -0.2) is 4.39 Å². The lowest BCUT2D eigenvalue weighted by molar-refractivity contribution is -0.122. The minimum Gasteiger partial charge on any atom is -0.496 e. The van der Waals surface area contributed by atoms with Gasteiger partial charge in [0, 0.05) is 32.7 Å². The molecule has 0 aromatic heterocycles. The van der Waals surface area contributed by atoms with Crippen LogP contribution in [0.15, 0.2) is 48.5 Å². The van der Waals surface area contributed by atoms with Crippen molar-refractivity contribution >= 4 is 11.6 Å². The zero-order chi connectivity index (χ0) is 19.1. The summed E-state index contributed by atoms with van der Waals surface area (Å²) in [5, 5.41) is 2.97. The molecule has 3 rings (SSSR count). The number of hydrogen-bond donors (Lipinski definition) is 1. The van der Waals surface area contributed by atoms with Gasteiger partial charge >= 0.3 is 0 Å². The van der Waals surface area contributed by atoms with E-state index in [1.165, 1.54) is 6.07 Å². The minimum atomic E-state index is -0.194. The number of carbonyl (C=O) groups is 1. The van der Waals surface area contributed by atoms with Gasteiger partial charge < -0.3 is 15.0 Å². The van der Waals surface area contributed by atoms with Gasteiger partial charge in [-0.1, -0.05) is 30.3 Å². The molecule has 0 radical (unpaired) electrons. The van der Waals surface area contributed by atoms with Gasteiger partial charge in [-0.05, 0) is 30.2 Å². The van der Waals surface area contributed by atoms with Gasteiger partial charge in [-0.15, -0.1) is 0 Å². The monoisotopic (exact) mass is 371 g/mol. The van der Waals surface area contributed by atoms with Crippen LogP contribution in [0.2, 0.25) is 0 Å². The third-order valence-corrected chi connectivity index (χ3v) is 4.84. The number of anilines is 1. The van der Waals surface area contributed by atoms with E-state index in [0.717, 1.165) is 43.9 Å². The Labute approximate surface area is 159 Å². The second-order valence-corrected chi connectivity index (χ2v) is 6.63. The van der Waals surface area contributed by atoms with E-state index < -0.39 is 0 Å². The second-order valence-electron chi connectivity index (χ2n) is 6.63. The van der Waals surface area contributed by atoms with Crippen LogP contribution >= 0.6 is 0 Å². The first-order chi connectivity index (χ1) is 13.2. The number of hydrogen-bond acceptors (Lipinski definition) is 4. The number of carbonyl (C=O) groups excluding carboxylic acids is 1. The highest BCUT2D eigenvalue weighted by molar-refractivity contribution is 5.78. The summed E-state index contributed by atoms with van der Waals surface area (Å²) in [4.78, 5) is 16.3. The van der Waals surface area contributed by atoms with Crippen LogP contribution in [0.4, 0.5) is 10.1 Å². The van der Waals surface area contributed by atoms with E-state index in [9.17, 15) is 9.18 Å². The first-order valence-electron chi connectivity index (χ1n) is 9.28. The van der Waals surface area contributed by atoms with Crippen LogP contribution in [0.5, 0.6) is 5.75 Å². The van der Waals surface area contributed by atoms with Crippen molar-refractivity contribution in [3.05, 3.63) is 59.9 Å². The van der Waals surface area contributed by atoms with Gasteiger partial charge in [-0.3, -0.25) is 9.69 Å². The van der Waals surface area contributed by atoms with Crippen molar-refractivity contribution in [2.24, 2.45) is 0 Å². The van der Waals surface area contributed by atoms with E-state index in [-0.39, 0.29) is 11.7 Å². The molecule has 1 fully saturated rings. The van der Waals surface area contributed by atoms with Gasteiger partial charge in [0.2, 0.25) is 5.91 Å². The zero-order valence-corrected chi connectivity index (χ0v) is 15.7. The molecule has 2 aromatic carbocycles. The first-order valence-corrected chi connectivity index (χ1v) is 9.28. The molecule has 1 saturated heterocycles. The van der Waals surface area contributed by atoms with Gasteiger partial charge in [0.05, 0.1) is 19.3 Å². The number of halogens is 1. The van der Waals surface area contributed by atoms with Crippen molar-refractivity contribution in [2.75, 3.05) is 51.3 Å². The second kappa shape index (κ2) is 9.37. The summed E-state index contributed by atoms with van der Waals surface area (Å²) < 4.78 is 19.2. The Morgan fingerprint density at radius 2 is 1.78 bits per heavy atom. The topological polar surface area (TPSA) is 44.8 Å². The van der Waals surface area contributed by atoms with Gasteiger partial charge in [-0.2, -0.15) is 0 Å². The smallest absolute Gasteiger partial charge is 0.234 e. The average Bonchev–Trinajstić information content (AvgIpc) is 2.69. The lowest BCUT2D eigenvalue weighted by Gasteiger charge is -2.35. The maximum absolute atomic E-state index is 13.9. The van der Waals surface area contributed by atoms with Gasteiger partial charge in [0.15, 0.2) is 0 Å². The Kier molecular flexibility index (Phi) is 6.65. The molecule has 0 atom stereocenters. The van der Waals surface area contributed by atoms with Crippen LogP contribution in [0.25, 0.3) is 0 Å². The van der Waals surface area contributed by atoms with Crippen molar-refractivity contribution in [2.45, 2.75) is 6.42 Å². The molecule has 0 saturated carbocycles. The highest BCUT2D eigenvalue weighted by atomic mass is 19.1. The van der Waals surface area contributed by atoms with E-state index in [0.29, 0.717) is 18.8 Å². The summed E-state index contributed by atoms with van der Waals surface area (Å²) in [6.07, 6.45) is 0.733. The molecule has 1 amide bonds. The average molecular weight is 371 g/mol. The fourth-order valence-corrected chi connectivity index (χ4v) is 3.36. The van der Waals surface area contributed by atoms with Gasteiger partial charge in [0.1, 0.15) is 11.6 Å². The molecule has 5 nitrogen and oxygen atoms in total. The van der Waals surface area contributed by atoms with E-state index >= 15 is 0 Å². The number of nitrogens with one attached hydrogen (secondary N) is 1. The summed E-state index contributed by atoms with van der Waals surface area (Å²) in [5.41, 5.74) is 1.72. The quantitative estimate of drug-likeness (QED) is 0.811. The van der Waals surface area contributed by atoms with Crippen LogP contribution in [0.3, 0.4) is 0 Å². The van der Waals surface area contributed by atoms with E-state index in [1.807, 2.05) is 35.2 Å². The van der Waals surface area contributed by atoms with Gasteiger partial charge in [0.25, 0.3) is 0 Å². The summed E-state index contributed by atoms with van der Waals surface area (Å²) in [6, 6.07) is 14.7. The molecular weight excluding hydrogens is 345 g/mol. The Balaban J connectivity index is 1.40. The Bertz CT molecular complexity index is 761. The predicted molar refractivity (Wildman–Crippen MR) is 105 cm³/mol. The largest absolute Gasteiger partial charge is 0.496 e. The van der Waals surface area contributed by atoms with Crippen LogP contribution in [-0.4, -0.2) is 57.2 Å². The highest BCUT2D eigenvalue weighted by Gasteiger charge is 2.20. The van der Waals surface area contributed by atoms with Crippen molar-refractivity contribution in [1.82, 2.24) is 10.2 Å². The number of methoxy groups -OCH3 is 1. The highest BCUT2D eigenvalue weighted by Crippen LogP contribution is 2.20. The molecule has 144 valence electrons. The zero-order valence-electron chi connectivity index (χ0n) is 15.7. The number of para-hydroxylation sites is 2. The molecular formula is C21H26FN3O2. The third kappa shape index (κ3) is 5.20. The molecule has 27 heavy (non-hydrogen) atoms. The van der Waals surface area contributed by atoms with Crippen molar-refractivity contribution < 1.29 is 13.9 Å². The van der Waals surface area contributed by atoms with Crippen LogP contribution in [-0.2, 0) is 11.2 Å². The maximum atomic E-state index is 13.9. The summed E-state index contributed by atoms with van der Waals surface area (Å²) in [6.45, 7) is 3.87. The molecule has 6 heteroatoms. The fourth-order valence-electron chi connectivity index (χ4n) is 3.36. The molecule has 1 aliphatic rings. The summed E-state index contributed by atoms with van der Waals surface area (Å²) in [7, 11) is 1.65. The Hall–Kier alpha value is -2.60. The lowest BCUT2D eigenvalue weighted by Crippen LogP contribution is -2.49. The molecule has 0 unspecified atom stereocenters. The SMILES string of the molecule is COc1ccccc1CCNC(=O)CN1CCN(c2ccccc2F)CC1. The van der Waals surface area contributed by atoms with Crippen molar-refractivity contribution in [1.29, 1.82) is 0 Å². The van der Waals surface area contributed by atoms with Crippen molar-refractivity contribution in [3.63, 3.8) is 0 Å². The number of ether oxygens (including phenoxy) is 1. The standard InChI is InChI=1S/C21H26FN3O2/c1-27-20-9-5-2-6-17(20)10-11-23-21(26)16-24-12-14-25(15-13-24)19-8-4-3-7-18(19)22/h2-9H,10-16H2,1H3,(H,23,26). The predicted octanol–water partition coefficient (Wildman–Crippen LogP) is 2.32. The maximum Gasteiger partial charge on any atom is 0.234 e. The molecule has 1 heterocycles. The molecule has 0 aliphatic carbocycles. The Morgan fingerprint density at radius 1 is 1.07 bits per heavy atom. The number of rotatable bonds is 7. The fraction of sp³-hybridized carbons (Fsp3) is 0.381. The summed E-state index contributed by atoms with van der Waals surface area (Å²) in [5.74, 6) is 0.667. The van der Waals surface area contributed by atoms with Crippen LogP contribution < -0.4 is 15.0 Å². The van der Waals surface area contributed by atoms with Crippen LogP contribution in [0, 0.1) is 5.82 Å². The van der Waals surface area contributed by atoms with Crippen LogP contribution in [0.1, 0.15) is 5.56 Å². The number of benzene rings is 2.